The number of aromatic nitrogens is 2. The summed E-state index contributed by atoms with van der Waals surface area (Å²) in [6.45, 7) is 3.45. The molecule has 33 heavy (non-hydrogen) atoms. The van der Waals surface area contributed by atoms with E-state index in [-0.39, 0.29) is 11.6 Å². The minimum Gasteiger partial charge on any atom is -0.325 e. The lowest BCUT2D eigenvalue weighted by atomic mass is 10.1. The zero-order valence-electron chi connectivity index (χ0n) is 18.4. The molecule has 0 bridgehead atoms. The quantitative estimate of drug-likeness (QED) is 0.525. The molecule has 2 aromatic carbocycles. The van der Waals surface area contributed by atoms with Crippen LogP contribution in [0, 0.1) is 0 Å². The van der Waals surface area contributed by atoms with Crippen LogP contribution in [0.25, 0.3) is 11.0 Å². The molecule has 174 valence electrons. The van der Waals surface area contributed by atoms with Crippen LogP contribution in [0.1, 0.15) is 24.5 Å². The van der Waals surface area contributed by atoms with E-state index in [0.717, 1.165) is 24.8 Å². The second-order valence-corrected chi connectivity index (χ2v) is 10.7. The Bertz CT molecular complexity index is 1370. The first-order valence-electron chi connectivity index (χ1n) is 11.2. The van der Waals surface area contributed by atoms with E-state index in [2.05, 4.69) is 15.3 Å². The molecule has 0 unspecified atom stereocenters. The first-order chi connectivity index (χ1) is 15.8. The predicted molar refractivity (Wildman–Crippen MR) is 126 cm³/mol. The van der Waals surface area contributed by atoms with E-state index < -0.39 is 16.1 Å². The molecule has 1 aromatic heterocycles. The number of hydrogen-bond acceptors (Lipinski definition) is 5. The van der Waals surface area contributed by atoms with Crippen molar-refractivity contribution in [2.45, 2.75) is 37.1 Å². The second-order valence-electron chi connectivity index (χ2n) is 8.73. The van der Waals surface area contributed by atoms with Crippen LogP contribution in [0.3, 0.4) is 0 Å². The molecule has 10 heteroatoms. The molecule has 1 aliphatic carbocycles. The summed E-state index contributed by atoms with van der Waals surface area (Å²) in [6.07, 6.45) is 3.03. The Kier molecular flexibility index (Phi) is 5.59. The monoisotopic (exact) mass is 469 g/mol. The van der Waals surface area contributed by atoms with Gasteiger partial charge in [-0.15, -0.1) is 0 Å². The van der Waals surface area contributed by atoms with Gasteiger partial charge in [-0.3, -0.25) is 9.69 Å². The predicted octanol–water partition coefficient (Wildman–Crippen LogP) is 1.68. The van der Waals surface area contributed by atoms with Crippen molar-refractivity contribution < 1.29 is 13.2 Å². The number of piperazine rings is 1. The van der Waals surface area contributed by atoms with E-state index in [1.807, 2.05) is 24.0 Å². The lowest BCUT2D eigenvalue weighted by Gasteiger charge is -2.36. The van der Waals surface area contributed by atoms with E-state index in [1.54, 1.807) is 24.3 Å². The molecule has 0 spiro atoms. The van der Waals surface area contributed by atoms with Crippen molar-refractivity contribution >= 4 is 32.7 Å². The van der Waals surface area contributed by atoms with Crippen molar-refractivity contribution in [3.8, 4) is 0 Å². The minimum absolute atomic E-state index is 0.179. The van der Waals surface area contributed by atoms with Crippen molar-refractivity contribution in [1.82, 2.24) is 19.2 Å². The van der Waals surface area contributed by atoms with E-state index in [0.29, 0.717) is 47.8 Å². The van der Waals surface area contributed by atoms with Crippen molar-refractivity contribution in [2.24, 2.45) is 0 Å². The molecule has 1 amide bonds. The number of aryl methyl sites for hydroxylation is 2. The average molecular weight is 470 g/mol. The Morgan fingerprint density at radius 2 is 1.70 bits per heavy atom. The summed E-state index contributed by atoms with van der Waals surface area (Å²) in [5.41, 5.74) is 3.98. The Hall–Kier alpha value is -2.95. The van der Waals surface area contributed by atoms with Gasteiger partial charge in [0.2, 0.25) is 15.9 Å². The second kappa shape index (κ2) is 8.44. The highest BCUT2D eigenvalue weighted by atomic mass is 32.2. The number of rotatable bonds is 5. The number of imidazole rings is 1. The number of fused-ring (bicyclic) bond motifs is 2. The number of anilines is 1. The first kappa shape index (κ1) is 21.9. The molecule has 2 heterocycles. The standard InChI is InChI=1S/C23H27N5O4S/c1-15(22(29)24-18-6-8-20-21(14-18)26-23(30)25-20)27-9-11-28(12-10-27)33(31,32)19-7-5-16-3-2-4-17(16)13-19/h5-8,13-15H,2-4,9-12H2,1H3,(H,24,29)(H2,25,26,30)/t15-/m1/s1. The Morgan fingerprint density at radius 3 is 2.48 bits per heavy atom. The number of amides is 1. The van der Waals surface area contributed by atoms with Crippen molar-refractivity contribution in [3.05, 3.63) is 58.0 Å². The fraction of sp³-hybridized carbons (Fsp3) is 0.391. The maximum absolute atomic E-state index is 13.1. The van der Waals surface area contributed by atoms with E-state index in [9.17, 15) is 18.0 Å². The van der Waals surface area contributed by atoms with Gasteiger partial charge in [-0.1, -0.05) is 6.07 Å². The maximum Gasteiger partial charge on any atom is 0.323 e. The van der Waals surface area contributed by atoms with Gasteiger partial charge in [-0.05, 0) is 67.6 Å². The number of nitrogens with one attached hydrogen (secondary N) is 3. The fourth-order valence-electron chi connectivity index (χ4n) is 4.71. The molecule has 3 aromatic rings. The van der Waals surface area contributed by atoms with Gasteiger partial charge in [0.25, 0.3) is 0 Å². The highest BCUT2D eigenvalue weighted by Gasteiger charge is 2.32. The molecule has 1 saturated heterocycles. The highest BCUT2D eigenvalue weighted by molar-refractivity contribution is 7.89. The van der Waals surface area contributed by atoms with E-state index in [4.69, 9.17) is 0 Å². The molecule has 5 rings (SSSR count). The van der Waals surface area contributed by atoms with Gasteiger partial charge in [0.05, 0.1) is 22.0 Å². The van der Waals surface area contributed by atoms with Gasteiger partial charge in [0.1, 0.15) is 0 Å². The summed E-state index contributed by atoms with van der Waals surface area (Å²) in [5.74, 6) is -0.179. The van der Waals surface area contributed by atoms with Gasteiger partial charge in [0.15, 0.2) is 0 Å². The van der Waals surface area contributed by atoms with Gasteiger partial charge in [-0.2, -0.15) is 4.31 Å². The van der Waals surface area contributed by atoms with Crippen molar-refractivity contribution in [2.75, 3.05) is 31.5 Å². The number of nitrogens with zero attached hydrogens (tertiary/aromatic N) is 2. The van der Waals surface area contributed by atoms with Gasteiger partial charge < -0.3 is 15.3 Å². The molecule has 1 fully saturated rings. The van der Waals surface area contributed by atoms with Gasteiger partial charge in [0, 0.05) is 31.9 Å². The Labute approximate surface area is 191 Å². The van der Waals surface area contributed by atoms with Crippen LogP contribution in [0.2, 0.25) is 0 Å². The number of carbonyl (C=O) groups excluding carboxylic acids is 1. The number of hydrogen-bond donors (Lipinski definition) is 3. The molecule has 2 aliphatic rings. The van der Waals surface area contributed by atoms with Crippen LogP contribution in [-0.4, -0.2) is 65.7 Å². The van der Waals surface area contributed by atoms with E-state index >= 15 is 0 Å². The summed E-state index contributed by atoms with van der Waals surface area (Å²) in [7, 11) is -3.55. The number of aromatic amines is 2. The largest absolute Gasteiger partial charge is 0.325 e. The van der Waals surface area contributed by atoms with Gasteiger partial charge in [-0.25, -0.2) is 13.2 Å². The fourth-order valence-corrected chi connectivity index (χ4v) is 6.19. The van der Waals surface area contributed by atoms with E-state index in [1.165, 1.54) is 9.87 Å². The number of carbonyl (C=O) groups is 1. The number of H-pyrrole nitrogens is 2. The lowest BCUT2D eigenvalue weighted by Crippen LogP contribution is -2.53. The van der Waals surface area contributed by atoms with Gasteiger partial charge >= 0.3 is 5.69 Å². The first-order valence-corrected chi connectivity index (χ1v) is 12.6. The summed E-state index contributed by atoms with van der Waals surface area (Å²) >= 11 is 0. The average Bonchev–Trinajstić information content (AvgIpc) is 3.43. The summed E-state index contributed by atoms with van der Waals surface area (Å²) in [4.78, 5) is 31.9. The summed E-state index contributed by atoms with van der Waals surface area (Å²) in [6, 6.07) is 10.2. The Morgan fingerprint density at radius 1 is 0.970 bits per heavy atom. The summed E-state index contributed by atoms with van der Waals surface area (Å²) in [5, 5.41) is 2.88. The van der Waals surface area contributed by atoms with Crippen LogP contribution in [0.15, 0.2) is 46.1 Å². The zero-order chi connectivity index (χ0) is 23.2. The van der Waals surface area contributed by atoms with Crippen molar-refractivity contribution in [3.63, 3.8) is 0 Å². The van der Waals surface area contributed by atoms with Crippen LogP contribution in [0.4, 0.5) is 5.69 Å². The zero-order valence-corrected chi connectivity index (χ0v) is 19.2. The molecule has 1 aliphatic heterocycles. The topological polar surface area (TPSA) is 118 Å². The Balaban J connectivity index is 1.21. The van der Waals surface area contributed by atoms with Crippen molar-refractivity contribution in [1.29, 1.82) is 0 Å². The normalized spacial score (nSPS) is 18.3. The molecule has 0 radical (unpaired) electrons. The van der Waals surface area contributed by atoms with Crippen LogP contribution >= 0.6 is 0 Å². The highest BCUT2D eigenvalue weighted by Crippen LogP contribution is 2.27. The third-order valence-corrected chi connectivity index (χ3v) is 8.59. The van der Waals surface area contributed by atoms with Crippen LogP contribution < -0.4 is 11.0 Å². The SMILES string of the molecule is C[C@H](C(=O)Nc1ccc2[nH]c(=O)[nH]c2c1)N1CCN(S(=O)(=O)c2ccc3c(c2)CCC3)CC1. The third kappa shape index (κ3) is 4.21. The molecular weight excluding hydrogens is 442 g/mol. The molecular formula is C23H27N5O4S. The number of benzene rings is 2. The molecule has 1 atom stereocenters. The van der Waals surface area contributed by atoms with Crippen LogP contribution in [-0.2, 0) is 27.7 Å². The smallest absolute Gasteiger partial charge is 0.323 e. The third-order valence-electron chi connectivity index (χ3n) is 6.69. The molecule has 3 N–H and O–H groups in total. The molecule has 9 nitrogen and oxygen atoms in total. The number of sulfonamides is 1. The lowest BCUT2D eigenvalue weighted by molar-refractivity contribution is -0.121. The maximum atomic E-state index is 13.1. The summed E-state index contributed by atoms with van der Waals surface area (Å²) < 4.78 is 27.8. The van der Waals surface area contributed by atoms with Crippen LogP contribution in [0.5, 0.6) is 0 Å². The minimum atomic E-state index is -3.55. The molecule has 0 saturated carbocycles.